The first-order chi connectivity index (χ1) is 15.1. The Morgan fingerprint density at radius 2 is 1.68 bits per heavy atom. The van der Waals surface area contributed by atoms with Gasteiger partial charge < -0.3 is 5.32 Å². The van der Waals surface area contributed by atoms with E-state index >= 15 is 0 Å². The van der Waals surface area contributed by atoms with Gasteiger partial charge in [0.2, 0.25) is 5.91 Å². The van der Waals surface area contributed by atoms with E-state index in [1.807, 2.05) is 30.3 Å². The van der Waals surface area contributed by atoms with Crippen LogP contribution in [0.15, 0.2) is 85.1 Å². The first kappa shape index (κ1) is 20.4. The van der Waals surface area contributed by atoms with Crippen LogP contribution in [0.2, 0.25) is 5.02 Å². The van der Waals surface area contributed by atoms with E-state index < -0.39 is 5.91 Å². The summed E-state index contributed by atoms with van der Waals surface area (Å²) < 4.78 is 0. The van der Waals surface area contributed by atoms with Gasteiger partial charge in [-0.3, -0.25) is 25.4 Å². The van der Waals surface area contributed by atoms with Gasteiger partial charge in [-0.25, -0.2) is 0 Å². The average molecular weight is 431 g/mol. The first-order valence-corrected chi connectivity index (χ1v) is 10.0. The molecule has 0 aliphatic rings. The normalized spacial score (nSPS) is 10.5. The lowest BCUT2D eigenvalue weighted by atomic mass is 10.1. The fourth-order valence-corrected chi connectivity index (χ4v) is 3.35. The number of carbonyl (C=O) groups is 2. The molecule has 0 saturated carbocycles. The third-order valence-electron chi connectivity index (χ3n) is 4.64. The van der Waals surface area contributed by atoms with E-state index in [1.165, 1.54) is 0 Å². The first-order valence-electron chi connectivity index (χ1n) is 9.63. The second-order valence-electron chi connectivity index (χ2n) is 6.89. The smallest absolute Gasteiger partial charge is 0.269 e. The van der Waals surface area contributed by atoms with Crippen LogP contribution in [-0.4, -0.2) is 16.8 Å². The summed E-state index contributed by atoms with van der Waals surface area (Å²) >= 11 is 5.92. The molecule has 154 valence electrons. The Balaban J connectivity index is 1.35. The van der Waals surface area contributed by atoms with Gasteiger partial charge in [-0.15, -0.1) is 0 Å². The number of nitrogens with one attached hydrogen (secondary N) is 3. The number of hydrogen-bond acceptors (Lipinski definition) is 4. The van der Waals surface area contributed by atoms with Gasteiger partial charge in [-0.2, -0.15) is 0 Å². The molecule has 0 spiro atoms. The zero-order valence-corrected chi connectivity index (χ0v) is 17.2. The van der Waals surface area contributed by atoms with Crippen LogP contribution in [0.3, 0.4) is 0 Å². The molecule has 0 atom stereocenters. The van der Waals surface area contributed by atoms with Crippen LogP contribution in [0, 0.1) is 0 Å². The molecule has 7 heteroatoms. The Kier molecular flexibility index (Phi) is 6.10. The van der Waals surface area contributed by atoms with Crippen molar-refractivity contribution < 1.29 is 9.59 Å². The van der Waals surface area contributed by atoms with E-state index in [2.05, 4.69) is 21.2 Å². The molecule has 0 unspecified atom stereocenters. The summed E-state index contributed by atoms with van der Waals surface area (Å²) in [4.78, 5) is 28.7. The highest BCUT2D eigenvalue weighted by atomic mass is 35.5. The second-order valence-corrected chi connectivity index (χ2v) is 7.32. The topological polar surface area (TPSA) is 83.1 Å². The quantitative estimate of drug-likeness (QED) is 0.403. The number of nitrogens with zero attached hydrogens (tertiary/aromatic N) is 1. The van der Waals surface area contributed by atoms with Gasteiger partial charge >= 0.3 is 0 Å². The molecule has 0 aliphatic carbocycles. The Morgan fingerprint density at radius 3 is 2.48 bits per heavy atom. The molecule has 0 saturated heterocycles. The molecule has 1 heterocycles. The molecule has 6 nitrogen and oxygen atoms in total. The fourth-order valence-electron chi connectivity index (χ4n) is 3.14. The second kappa shape index (κ2) is 9.28. The summed E-state index contributed by atoms with van der Waals surface area (Å²) in [5.41, 5.74) is 8.69. The van der Waals surface area contributed by atoms with Crippen LogP contribution in [-0.2, 0) is 11.2 Å². The van der Waals surface area contributed by atoms with Crippen molar-refractivity contribution >= 4 is 45.7 Å². The molecule has 0 bridgehead atoms. The number of anilines is 2. The third kappa shape index (κ3) is 5.18. The number of halogens is 1. The molecule has 31 heavy (non-hydrogen) atoms. The van der Waals surface area contributed by atoms with Crippen molar-refractivity contribution in [2.75, 3.05) is 5.32 Å². The van der Waals surface area contributed by atoms with Gasteiger partial charge in [0.15, 0.2) is 0 Å². The number of aromatic nitrogens is 1. The summed E-state index contributed by atoms with van der Waals surface area (Å²) in [7, 11) is 0. The Bertz CT molecular complexity index is 1240. The molecule has 0 radical (unpaired) electrons. The van der Waals surface area contributed by atoms with Gasteiger partial charge in [-0.05, 0) is 54.1 Å². The Hall–Kier alpha value is -3.90. The molecule has 4 rings (SSSR count). The van der Waals surface area contributed by atoms with E-state index in [0.29, 0.717) is 10.6 Å². The highest BCUT2D eigenvalue weighted by molar-refractivity contribution is 6.30. The van der Waals surface area contributed by atoms with E-state index in [1.54, 1.807) is 54.7 Å². The van der Waals surface area contributed by atoms with Crippen LogP contribution in [0.4, 0.5) is 11.4 Å². The maximum absolute atomic E-state index is 12.3. The Labute approximate surface area is 184 Å². The highest BCUT2D eigenvalue weighted by Gasteiger charge is 2.09. The molecular formula is C24H19ClN4O2. The minimum atomic E-state index is -0.402. The number of hydrogen-bond donors (Lipinski definition) is 3. The SMILES string of the molecule is O=C(Cc1cccc(Cl)c1)NNC(=O)c1ccc(Nc2ccnc3ccccc23)cc1. The lowest BCUT2D eigenvalue weighted by Crippen LogP contribution is -2.42. The summed E-state index contributed by atoms with van der Waals surface area (Å²) in [6.45, 7) is 0. The highest BCUT2D eigenvalue weighted by Crippen LogP contribution is 2.25. The number of benzene rings is 3. The molecule has 0 fully saturated rings. The monoisotopic (exact) mass is 430 g/mol. The Morgan fingerprint density at radius 1 is 0.871 bits per heavy atom. The van der Waals surface area contributed by atoms with E-state index in [9.17, 15) is 9.59 Å². The molecule has 0 aliphatic heterocycles. The van der Waals surface area contributed by atoms with E-state index in [0.717, 1.165) is 27.8 Å². The van der Waals surface area contributed by atoms with Crippen molar-refractivity contribution in [3.05, 3.63) is 101 Å². The van der Waals surface area contributed by atoms with Crippen LogP contribution >= 0.6 is 11.6 Å². The molecule has 2 amide bonds. The number of fused-ring (bicyclic) bond motifs is 1. The number of carbonyl (C=O) groups excluding carboxylic acids is 2. The van der Waals surface area contributed by atoms with Crippen LogP contribution in [0.25, 0.3) is 10.9 Å². The number of rotatable bonds is 5. The number of hydrazine groups is 1. The van der Waals surface area contributed by atoms with Gasteiger partial charge in [0.1, 0.15) is 0 Å². The molecule has 3 aromatic carbocycles. The summed E-state index contributed by atoms with van der Waals surface area (Å²) in [6, 6.07) is 23.7. The van der Waals surface area contributed by atoms with Gasteiger partial charge in [0.25, 0.3) is 5.91 Å². The fraction of sp³-hybridized carbons (Fsp3) is 0.0417. The number of amides is 2. The molecule has 1 aromatic heterocycles. The van der Waals surface area contributed by atoms with Crippen molar-refractivity contribution in [1.82, 2.24) is 15.8 Å². The van der Waals surface area contributed by atoms with Crippen molar-refractivity contribution in [3.8, 4) is 0 Å². The zero-order chi connectivity index (χ0) is 21.6. The third-order valence-corrected chi connectivity index (χ3v) is 4.88. The van der Waals surface area contributed by atoms with Crippen molar-refractivity contribution in [1.29, 1.82) is 0 Å². The lowest BCUT2D eigenvalue weighted by Gasteiger charge is -2.11. The van der Waals surface area contributed by atoms with Crippen molar-refractivity contribution in [2.24, 2.45) is 0 Å². The maximum Gasteiger partial charge on any atom is 0.269 e. The average Bonchev–Trinajstić information content (AvgIpc) is 2.78. The number of para-hydroxylation sites is 1. The van der Waals surface area contributed by atoms with Crippen LogP contribution in [0.5, 0.6) is 0 Å². The zero-order valence-electron chi connectivity index (χ0n) is 16.4. The lowest BCUT2D eigenvalue weighted by molar-refractivity contribution is -0.121. The van der Waals surface area contributed by atoms with E-state index in [-0.39, 0.29) is 12.3 Å². The van der Waals surface area contributed by atoms with Crippen molar-refractivity contribution in [2.45, 2.75) is 6.42 Å². The number of pyridine rings is 1. The van der Waals surface area contributed by atoms with Gasteiger partial charge in [0.05, 0.1) is 11.9 Å². The van der Waals surface area contributed by atoms with Gasteiger partial charge in [0, 0.05) is 33.5 Å². The minimum Gasteiger partial charge on any atom is -0.355 e. The van der Waals surface area contributed by atoms with Crippen LogP contribution in [0.1, 0.15) is 15.9 Å². The van der Waals surface area contributed by atoms with E-state index in [4.69, 9.17) is 11.6 Å². The summed E-state index contributed by atoms with van der Waals surface area (Å²) in [5, 5.41) is 4.91. The molecular weight excluding hydrogens is 412 g/mol. The predicted molar refractivity (Wildman–Crippen MR) is 122 cm³/mol. The molecule has 3 N–H and O–H groups in total. The maximum atomic E-state index is 12.3. The van der Waals surface area contributed by atoms with Crippen LogP contribution < -0.4 is 16.2 Å². The summed E-state index contributed by atoms with van der Waals surface area (Å²) in [5.74, 6) is -0.737. The predicted octanol–water partition coefficient (Wildman–Crippen LogP) is 4.64. The molecule has 4 aromatic rings. The van der Waals surface area contributed by atoms with Gasteiger partial charge in [-0.1, -0.05) is 41.9 Å². The standard InChI is InChI=1S/C24H19ClN4O2/c25-18-5-3-4-16(14-18)15-23(30)28-29-24(31)17-8-10-19(11-9-17)27-22-12-13-26-21-7-2-1-6-20(21)22/h1-14H,15H2,(H,26,27)(H,28,30)(H,29,31). The van der Waals surface area contributed by atoms with Crippen molar-refractivity contribution in [3.63, 3.8) is 0 Å². The minimum absolute atomic E-state index is 0.115. The summed E-state index contributed by atoms with van der Waals surface area (Å²) in [6.07, 6.45) is 1.86. The largest absolute Gasteiger partial charge is 0.355 e.